The smallest absolute Gasteiger partial charge is 0.342 e. The maximum atomic E-state index is 12.8. The molecule has 1 fully saturated rings. The number of rotatable bonds is 5. The minimum absolute atomic E-state index is 0.0817. The van der Waals surface area contributed by atoms with Crippen molar-refractivity contribution in [1.29, 1.82) is 0 Å². The number of ether oxygens (including phenoxy) is 1. The Morgan fingerprint density at radius 1 is 1.07 bits per heavy atom. The van der Waals surface area contributed by atoms with Gasteiger partial charge in [-0.15, -0.1) is 11.3 Å². The zero-order valence-electron chi connectivity index (χ0n) is 16.8. The maximum absolute atomic E-state index is 12.8. The molecule has 9 heteroatoms. The van der Waals surface area contributed by atoms with Crippen molar-refractivity contribution >= 4 is 40.2 Å². The highest BCUT2D eigenvalue weighted by Gasteiger charge is 2.30. The first-order chi connectivity index (χ1) is 13.8. The van der Waals surface area contributed by atoms with Crippen LogP contribution in [0.15, 0.2) is 0 Å². The molecule has 2 aliphatic carbocycles. The number of carbonyl (C=O) groups excluding carboxylic acids is 4. The average Bonchev–Trinajstić information content (AvgIpc) is 3.27. The van der Waals surface area contributed by atoms with Crippen LogP contribution in [0.1, 0.15) is 73.2 Å². The molecular formula is C20H27N3O5S. The Balaban J connectivity index is 1.64. The lowest BCUT2D eigenvalue weighted by atomic mass is 9.95. The highest BCUT2D eigenvalue weighted by Crippen LogP contribution is 2.38. The van der Waals surface area contributed by atoms with E-state index in [0.717, 1.165) is 61.8 Å². The van der Waals surface area contributed by atoms with Gasteiger partial charge < -0.3 is 15.4 Å². The molecule has 29 heavy (non-hydrogen) atoms. The minimum atomic E-state index is -1.14. The Morgan fingerprint density at radius 3 is 2.45 bits per heavy atom. The summed E-state index contributed by atoms with van der Waals surface area (Å²) in [6, 6.07) is -0.491. The van der Waals surface area contributed by atoms with Crippen LogP contribution in [-0.4, -0.2) is 36.0 Å². The normalized spacial score (nSPS) is 17.2. The zero-order valence-corrected chi connectivity index (χ0v) is 17.6. The van der Waals surface area contributed by atoms with E-state index >= 15 is 0 Å². The number of hydrogen-bond acceptors (Lipinski definition) is 6. The van der Waals surface area contributed by atoms with E-state index in [1.165, 1.54) is 25.2 Å². The Bertz CT molecular complexity index is 813. The second-order valence-corrected chi connectivity index (χ2v) is 8.69. The van der Waals surface area contributed by atoms with Crippen molar-refractivity contribution in [2.45, 2.75) is 77.4 Å². The second kappa shape index (κ2) is 9.39. The lowest BCUT2D eigenvalue weighted by Crippen LogP contribution is -2.47. The molecule has 0 saturated heterocycles. The van der Waals surface area contributed by atoms with E-state index in [1.807, 2.05) is 0 Å². The van der Waals surface area contributed by atoms with Crippen molar-refractivity contribution in [3.63, 3.8) is 0 Å². The first-order valence-electron chi connectivity index (χ1n) is 10.1. The Morgan fingerprint density at radius 2 is 1.76 bits per heavy atom. The fourth-order valence-electron chi connectivity index (χ4n) is 3.81. The lowest BCUT2D eigenvalue weighted by Gasteiger charge is -2.17. The number of thiophene rings is 1. The quantitative estimate of drug-likeness (QED) is 0.633. The van der Waals surface area contributed by atoms with Gasteiger partial charge in [0.25, 0.3) is 5.91 Å². The van der Waals surface area contributed by atoms with Gasteiger partial charge in [-0.3, -0.25) is 14.9 Å². The van der Waals surface area contributed by atoms with E-state index in [1.54, 1.807) is 0 Å². The van der Waals surface area contributed by atoms with Crippen LogP contribution in [0.2, 0.25) is 0 Å². The van der Waals surface area contributed by atoms with E-state index in [4.69, 9.17) is 4.74 Å². The number of amides is 4. The number of fused-ring (bicyclic) bond motifs is 1. The number of carbonyl (C=O) groups is 4. The number of imide groups is 1. The van der Waals surface area contributed by atoms with Crippen molar-refractivity contribution in [3.8, 4) is 0 Å². The average molecular weight is 422 g/mol. The van der Waals surface area contributed by atoms with Crippen molar-refractivity contribution in [3.05, 3.63) is 16.0 Å². The molecule has 1 saturated carbocycles. The fraction of sp³-hybridized carbons (Fsp3) is 0.600. The van der Waals surface area contributed by atoms with Crippen molar-refractivity contribution in [2.75, 3.05) is 5.32 Å². The van der Waals surface area contributed by atoms with E-state index in [9.17, 15) is 19.2 Å². The summed E-state index contributed by atoms with van der Waals surface area (Å²) in [6.45, 7) is 2.81. The molecule has 0 spiro atoms. The van der Waals surface area contributed by atoms with Crippen molar-refractivity contribution in [2.24, 2.45) is 0 Å². The summed E-state index contributed by atoms with van der Waals surface area (Å²) in [5, 5.41) is 8.15. The predicted molar refractivity (Wildman–Crippen MR) is 109 cm³/mol. The monoisotopic (exact) mass is 421 g/mol. The Hall–Kier alpha value is -2.42. The summed E-state index contributed by atoms with van der Waals surface area (Å²) < 4.78 is 5.34. The third-order valence-corrected chi connectivity index (χ3v) is 6.45. The number of anilines is 1. The van der Waals surface area contributed by atoms with Crippen LogP contribution >= 0.6 is 11.3 Å². The molecule has 0 aromatic carbocycles. The molecule has 8 nitrogen and oxygen atoms in total. The molecule has 0 bridgehead atoms. The molecule has 1 aromatic heterocycles. The molecule has 158 valence electrons. The summed E-state index contributed by atoms with van der Waals surface area (Å²) in [5.74, 6) is -1.61. The molecule has 2 aliphatic rings. The standard InChI is InChI=1S/C20H27N3O5S/c1-11(17(25)23-20(27)22-13-7-3-4-8-13)28-19(26)16-14-9-5-6-10-15(14)29-18(16)21-12(2)24/h11,13H,3-10H2,1-2H3,(H,21,24)(H2,22,23,25,27). The third-order valence-electron chi connectivity index (χ3n) is 5.25. The summed E-state index contributed by atoms with van der Waals surface area (Å²) in [6.07, 6.45) is 6.39. The first-order valence-corrected chi connectivity index (χ1v) is 10.9. The summed E-state index contributed by atoms with van der Waals surface area (Å²) in [7, 11) is 0. The summed E-state index contributed by atoms with van der Waals surface area (Å²) in [5.41, 5.74) is 1.22. The summed E-state index contributed by atoms with van der Waals surface area (Å²) >= 11 is 1.39. The Kier molecular flexibility index (Phi) is 6.89. The predicted octanol–water partition coefficient (Wildman–Crippen LogP) is 2.90. The van der Waals surface area contributed by atoms with E-state index in [2.05, 4.69) is 16.0 Å². The number of aryl methyl sites for hydroxylation is 1. The van der Waals surface area contributed by atoms with Gasteiger partial charge in [0.2, 0.25) is 5.91 Å². The molecule has 0 aliphatic heterocycles. The second-order valence-electron chi connectivity index (χ2n) is 7.59. The summed E-state index contributed by atoms with van der Waals surface area (Å²) in [4.78, 5) is 49.6. The molecular weight excluding hydrogens is 394 g/mol. The van der Waals surface area contributed by atoms with Crippen molar-refractivity contribution in [1.82, 2.24) is 10.6 Å². The molecule has 1 unspecified atom stereocenters. The number of hydrogen-bond donors (Lipinski definition) is 3. The van der Waals surface area contributed by atoms with Gasteiger partial charge in [0.1, 0.15) is 5.00 Å². The molecule has 3 rings (SSSR count). The van der Waals surface area contributed by atoms with Gasteiger partial charge in [0.05, 0.1) is 5.56 Å². The molecule has 1 aromatic rings. The van der Waals surface area contributed by atoms with Gasteiger partial charge >= 0.3 is 12.0 Å². The van der Waals surface area contributed by atoms with E-state index in [0.29, 0.717) is 10.6 Å². The van der Waals surface area contributed by atoms with Gasteiger partial charge in [0.15, 0.2) is 6.10 Å². The number of esters is 1. The zero-order chi connectivity index (χ0) is 21.0. The molecule has 4 amide bonds. The first kappa shape index (κ1) is 21.3. The van der Waals surface area contributed by atoms with Crippen molar-refractivity contribution < 1.29 is 23.9 Å². The minimum Gasteiger partial charge on any atom is -0.449 e. The molecule has 3 N–H and O–H groups in total. The molecule has 0 radical (unpaired) electrons. The van der Waals surface area contributed by atoms with Crippen LogP contribution < -0.4 is 16.0 Å². The SMILES string of the molecule is CC(=O)Nc1sc2c(c1C(=O)OC(C)C(=O)NC(=O)NC1CCCC1)CCCC2. The fourth-order valence-corrected chi connectivity index (χ4v) is 5.13. The van der Waals surface area contributed by atoms with Crippen LogP contribution in [0.25, 0.3) is 0 Å². The maximum Gasteiger partial charge on any atom is 0.342 e. The van der Waals surface area contributed by atoms with E-state index in [-0.39, 0.29) is 11.9 Å². The number of urea groups is 1. The van der Waals surface area contributed by atoms with Crippen LogP contribution in [0, 0.1) is 0 Å². The van der Waals surface area contributed by atoms with Gasteiger partial charge in [0, 0.05) is 17.8 Å². The van der Waals surface area contributed by atoms with Gasteiger partial charge in [-0.25, -0.2) is 9.59 Å². The highest BCUT2D eigenvalue weighted by molar-refractivity contribution is 7.17. The highest BCUT2D eigenvalue weighted by atomic mass is 32.1. The van der Waals surface area contributed by atoms with Crippen LogP contribution in [-0.2, 0) is 27.2 Å². The largest absolute Gasteiger partial charge is 0.449 e. The number of nitrogens with one attached hydrogen (secondary N) is 3. The van der Waals surface area contributed by atoms with Gasteiger partial charge in [-0.1, -0.05) is 12.8 Å². The molecule has 1 atom stereocenters. The lowest BCUT2D eigenvalue weighted by molar-refractivity contribution is -0.128. The third kappa shape index (κ3) is 5.35. The molecule has 1 heterocycles. The van der Waals surface area contributed by atoms with Crippen LogP contribution in [0.5, 0.6) is 0 Å². The Labute approximate surface area is 173 Å². The van der Waals surface area contributed by atoms with Gasteiger partial charge in [-0.2, -0.15) is 0 Å². The van der Waals surface area contributed by atoms with Crippen LogP contribution in [0.3, 0.4) is 0 Å². The van der Waals surface area contributed by atoms with Crippen LogP contribution in [0.4, 0.5) is 9.80 Å². The topological polar surface area (TPSA) is 114 Å². The van der Waals surface area contributed by atoms with E-state index < -0.39 is 24.0 Å². The van der Waals surface area contributed by atoms with Gasteiger partial charge in [-0.05, 0) is 51.0 Å².